The molecule has 1 unspecified atom stereocenters. The second-order valence-corrected chi connectivity index (χ2v) is 4.31. The van der Waals surface area contributed by atoms with E-state index in [9.17, 15) is 9.90 Å². The Labute approximate surface area is 85.1 Å². The quantitative estimate of drug-likeness (QED) is 0.731. The average Bonchev–Trinajstić information content (AvgIpc) is 2.19. The van der Waals surface area contributed by atoms with Crippen molar-refractivity contribution in [1.82, 2.24) is 0 Å². The monoisotopic (exact) mass is 200 g/mol. The van der Waals surface area contributed by atoms with Gasteiger partial charge in [-0.1, -0.05) is 32.6 Å². The van der Waals surface area contributed by atoms with Crippen molar-refractivity contribution in [2.75, 3.05) is 0 Å². The number of carboxylic acid groups (broad SMARTS) is 1. The SMILES string of the molecule is CCCC(O)(C(=O)O)C1CCCCC1. The fourth-order valence-corrected chi connectivity index (χ4v) is 2.45. The summed E-state index contributed by atoms with van der Waals surface area (Å²) in [6, 6.07) is 0. The molecule has 82 valence electrons. The van der Waals surface area contributed by atoms with Gasteiger partial charge in [-0.05, 0) is 25.2 Å². The highest BCUT2D eigenvalue weighted by atomic mass is 16.4. The number of aliphatic hydroxyl groups is 1. The minimum absolute atomic E-state index is 0.0336. The van der Waals surface area contributed by atoms with Crippen molar-refractivity contribution in [2.24, 2.45) is 5.92 Å². The summed E-state index contributed by atoms with van der Waals surface area (Å²) in [4.78, 5) is 11.1. The fourth-order valence-electron chi connectivity index (χ4n) is 2.45. The van der Waals surface area contributed by atoms with Gasteiger partial charge in [0.25, 0.3) is 0 Å². The number of carboxylic acids is 1. The highest BCUT2D eigenvalue weighted by Crippen LogP contribution is 2.35. The predicted octanol–water partition coefficient (Wildman–Crippen LogP) is 2.18. The molecule has 0 aromatic rings. The van der Waals surface area contributed by atoms with Crippen molar-refractivity contribution >= 4 is 5.97 Å². The third-order valence-corrected chi connectivity index (χ3v) is 3.28. The van der Waals surface area contributed by atoms with Crippen molar-refractivity contribution in [3.05, 3.63) is 0 Å². The second-order valence-electron chi connectivity index (χ2n) is 4.31. The molecule has 2 N–H and O–H groups in total. The van der Waals surface area contributed by atoms with Gasteiger partial charge < -0.3 is 10.2 Å². The standard InChI is InChI=1S/C11H20O3/c1-2-8-11(14,10(12)13)9-6-4-3-5-7-9/h9,14H,2-8H2,1H3,(H,12,13). The van der Waals surface area contributed by atoms with E-state index >= 15 is 0 Å². The minimum atomic E-state index is -1.46. The zero-order chi connectivity index (χ0) is 10.6. The molecule has 0 radical (unpaired) electrons. The first-order chi connectivity index (χ1) is 6.61. The van der Waals surface area contributed by atoms with E-state index in [4.69, 9.17) is 5.11 Å². The van der Waals surface area contributed by atoms with Gasteiger partial charge in [-0.3, -0.25) is 0 Å². The van der Waals surface area contributed by atoms with Crippen LogP contribution in [0.2, 0.25) is 0 Å². The van der Waals surface area contributed by atoms with Crippen molar-refractivity contribution in [3.63, 3.8) is 0 Å². The van der Waals surface area contributed by atoms with E-state index in [1.807, 2.05) is 6.92 Å². The Morgan fingerprint density at radius 3 is 2.36 bits per heavy atom. The molecule has 1 aliphatic rings. The van der Waals surface area contributed by atoms with Gasteiger partial charge in [-0.25, -0.2) is 4.79 Å². The Morgan fingerprint density at radius 2 is 1.93 bits per heavy atom. The van der Waals surface area contributed by atoms with Crippen LogP contribution >= 0.6 is 0 Å². The molecule has 3 heteroatoms. The summed E-state index contributed by atoms with van der Waals surface area (Å²) in [5, 5.41) is 19.2. The molecule has 0 bridgehead atoms. The summed E-state index contributed by atoms with van der Waals surface area (Å²) in [5.74, 6) is -1.07. The van der Waals surface area contributed by atoms with Gasteiger partial charge >= 0.3 is 5.97 Å². The summed E-state index contributed by atoms with van der Waals surface area (Å²) in [6.45, 7) is 1.91. The molecule has 14 heavy (non-hydrogen) atoms. The summed E-state index contributed by atoms with van der Waals surface area (Å²) in [7, 11) is 0. The average molecular weight is 200 g/mol. The molecule has 0 aromatic heterocycles. The minimum Gasteiger partial charge on any atom is -0.479 e. The third kappa shape index (κ3) is 2.27. The molecule has 1 saturated carbocycles. The fraction of sp³-hybridized carbons (Fsp3) is 0.909. The van der Waals surface area contributed by atoms with Crippen LogP contribution in [-0.4, -0.2) is 21.8 Å². The molecule has 1 rings (SSSR count). The van der Waals surface area contributed by atoms with Crippen LogP contribution in [0.1, 0.15) is 51.9 Å². The van der Waals surface area contributed by atoms with Crippen LogP contribution < -0.4 is 0 Å². The van der Waals surface area contributed by atoms with E-state index in [-0.39, 0.29) is 5.92 Å². The van der Waals surface area contributed by atoms with E-state index in [0.29, 0.717) is 6.42 Å². The maximum Gasteiger partial charge on any atom is 0.335 e. The van der Waals surface area contributed by atoms with Crippen molar-refractivity contribution in [2.45, 2.75) is 57.5 Å². The second kappa shape index (κ2) is 4.78. The summed E-state index contributed by atoms with van der Waals surface area (Å²) in [5.41, 5.74) is -1.46. The third-order valence-electron chi connectivity index (χ3n) is 3.28. The van der Waals surface area contributed by atoms with E-state index in [2.05, 4.69) is 0 Å². The molecule has 0 saturated heterocycles. The Hall–Kier alpha value is -0.570. The molecule has 1 aliphatic carbocycles. The molecule has 1 atom stereocenters. The van der Waals surface area contributed by atoms with Gasteiger partial charge in [-0.15, -0.1) is 0 Å². The van der Waals surface area contributed by atoms with Crippen LogP contribution in [-0.2, 0) is 4.79 Å². The predicted molar refractivity (Wildman–Crippen MR) is 54.1 cm³/mol. The van der Waals surface area contributed by atoms with E-state index in [1.54, 1.807) is 0 Å². The lowest BCUT2D eigenvalue weighted by Crippen LogP contribution is -2.46. The summed E-state index contributed by atoms with van der Waals surface area (Å²) >= 11 is 0. The number of hydrogen-bond donors (Lipinski definition) is 2. The molecule has 1 fully saturated rings. The molecular formula is C11H20O3. The largest absolute Gasteiger partial charge is 0.479 e. The van der Waals surface area contributed by atoms with Gasteiger partial charge in [0, 0.05) is 0 Å². The topological polar surface area (TPSA) is 57.5 Å². The maximum atomic E-state index is 11.1. The molecule has 0 amide bonds. The number of rotatable bonds is 4. The number of hydrogen-bond acceptors (Lipinski definition) is 2. The molecular weight excluding hydrogens is 180 g/mol. The Kier molecular flexibility index (Phi) is 3.93. The van der Waals surface area contributed by atoms with Gasteiger partial charge in [0.1, 0.15) is 0 Å². The van der Waals surface area contributed by atoms with Crippen molar-refractivity contribution < 1.29 is 15.0 Å². The maximum absolute atomic E-state index is 11.1. The Morgan fingerprint density at radius 1 is 1.36 bits per heavy atom. The summed E-state index contributed by atoms with van der Waals surface area (Å²) in [6.07, 6.45) is 6.13. The Bertz CT molecular complexity index is 197. The van der Waals surface area contributed by atoms with E-state index < -0.39 is 11.6 Å². The zero-order valence-corrected chi connectivity index (χ0v) is 8.83. The first kappa shape index (κ1) is 11.5. The van der Waals surface area contributed by atoms with E-state index in [0.717, 1.165) is 32.1 Å². The zero-order valence-electron chi connectivity index (χ0n) is 8.83. The van der Waals surface area contributed by atoms with Crippen LogP contribution in [0, 0.1) is 5.92 Å². The Balaban J connectivity index is 2.69. The number of aliphatic carboxylic acids is 1. The van der Waals surface area contributed by atoms with Gasteiger partial charge in [0.15, 0.2) is 5.60 Å². The molecule has 0 aromatic carbocycles. The lowest BCUT2D eigenvalue weighted by molar-refractivity contribution is -0.167. The molecule has 0 spiro atoms. The van der Waals surface area contributed by atoms with Crippen LogP contribution in [0.5, 0.6) is 0 Å². The first-order valence-electron chi connectivity index (χ1n) is 5.57. The normalized spacial score (nSPS) is 23.0. The highest BCUT2D eigenvalue weighted by Gasteiger charge is 2.43. The number of carbonyl (C=O) groups is 1. The smallest absolute Gasteiger partial charge is 0.335 e. The lowest BCUT2D eigenvalue weighted by Gasteiger charge is -2.34. The van der Waals surface area contributed by atoms with Gasteiger partial charge in [0.05, 0.1) is 0 Å². The first-order valence-corrected chi connectivity index (χ1v) is 5.57. The molecule has 3 nitrogen and oxygen atoms in total. The highest BCUT2D eigenvalue weighted by molar-refractivity contribution is 5.77. The lowest BCUT2D eigenvalue weighted by atomic mass is 9.75. The van der Waals surface area contributed by atoms with Crippen LogP contribution in [0.15, 0.2) is 0 Å². The van der Waals surface area contributed by atoms with Gasteiger partial charge in [-0.2, -0.15) is 0 Å². The molecule has 0 aliphatic heterocycles. The summed E-state index contributed by atoms with van der Waals surface area (Å²) < 4.78 is 0. The van der Waals surface area contributed by atoms with Gasteiger partial charge in [0.2, 0.25) is 0 Å². The van der Waals surface area contributed by atoms with Crippen molar-refractivity contribution in [1.29, 1.82) is 0 Å². The molecule has 0 heterocycles. The van der Waals surface area contributed by atoms with Crippen LogP contribution in [0.3, 0.4) is 0 Å². The van der Waals surface area contributed by atoms with Crippen LogP contribution in [0.4, 0.5) is 0 Å². The van der Waals surface area contributed by atoms with Crippen LogP contribution in [0.25, 0.3) is 0 Å². The van der Waals surface area contributed by atoms with Crippen molar-refractivity contribution in [3.8, 4) is 0 Å². The van der Waals surface area contributed by atoms with E-state index in [1.165, 1.54) is 6.42 Å².